The first kappa shape index (κ1) is 10.1. The zero-order valence-electron chi connectivity index (χ0n) is 7.61. The van der Waals surface area contributed by atoms with Gasteiger partial charge >= 0.3 is 6.55 Å². The minimum atomic E-state index is -2.59. The highest BCUT2D eigenvalue weighted by Gasteiger charge is 2.15. The smallest absolute Gasteiger partial charge is 0.322 e. The summed E-state index contributed by atoms with van der Waals surface area (Å²) in [6.07, 6.45) is 1.24. The summed E-state index contributed by atoms with van der Waals surface area (Å²) < 4.78 is 24.8. The molecular weight excluding hydrogens is 176 g/mol. The SMILES string of the molecule is CC(C)C(N)c1ccn(C(F)F)n1. The van der Waals surface area contributed by atoms with Crippen molar-refractivity contribution in [2.75, 3.05) is 0 Å². The quantitative estimate of drug-likeness (QED) is 0.789. The van der Waals surface area contributed by atoms with Crippen LogP contribution < -0.4 is 5.73 Å². The summed E-state index contributed by atoms with van der Waals surface area (Å²) in [5.74, 6) is 0.195. The molecule has 0 amide bonds. The molecule has 0 fully saturated rings. The van der Waals surface area contributed by atoms with Gasteiger partial charge in [-0.1, -0.05) is 13.8 Å². The highest BCUT2D eigenvalue weighted by molar-refractivity contribution is 5.05. The third-order valence-electron chi connectivity index (χ3n) is 1.89. The molecule has 1 aromatic heterocycles. The van der Waals surface area contributed by atoms with Gasteiger partial charge in [-0.2, -0.15) is 13.9 Å². The van der Waals surface area contributed by atoms with E-state index < -0.39 is 6.55 Å². The van der Waals surface area contributed by atoms with Gasteiger partial charge < -0.3 is 5.73 Å². The molecule has 1 aromatic rings. The Morgan fingerprint density at radius 2 is 2.08 bits per heavy atom. The van der Waals surface area contributed by atoms with Crippen molar-refractivity contribution in [2.45, 2.75) is 26.4 Å². The molecule has 0 spiro atoms. The first-order valence-electron chi connectivity index (χ1n) is 4.11. The van der Waals surface area contributed by atoms with E-state index in [2.05, 4.69) is 5.10 Å². The van der Waals surface area contributed by atoms with E-state index in [0.717, 1.165) is 0 Å². The van der Waals surface area contributed by atoms with Crippen LogP contribution in [0.15, 0.2) is 12.3 Å². The fourth-order valence-electron chi connectivity index (χ4n) is 0.981. The Morgan fingerprint density at radius 1 is 1.46 bits per heavy atom. The second-order valence-electron chi connectivity index (χ2n) is 3.27. The van der Waals surface area contributed by atoms with Crippen LogP contribution in [0.2, 0.25) is 0 Å². The van der Waals surface area contributed by atoms with Crippen LogP contribution in [0.3, 0.4) is 0 Å². The average molecular weight is 189 g/mol. The van der Waals surface area contributed by atoms with Gasteiger partial charge in [-0.15, -0.1) is 0 Å². The van der Waals surface area contributed by atoms with Gasteiger partial charge in [0.2, 0.25) is 0 Å². The first-order chi connectivity index (χ1) is 6.02. The van der Waals surface area contributed by atoms with Crippen LogP contribution >= 0.6 is 0 Å². The molecule has 0 aromatic carbocycles. The maximum atomic E-state index is 12.1. The second kappa shape index (κ2) is 3.83. The molecule has 13 heavy (non-hydrogen) atoms. The molecule has 0 aliphatic heterocycles. The molecule has 5 heteroatoms. The molecule has 74 valence electrons. The van der Waals surface area contributed by atoms with E-state index in [9.17, 15) is 8.78 Å². The van der Waals surface area contributed by atoms with Gasteiger partial charge in [-0.25, -0.2) is 4.68 Å². The first-order valence-corrected chi connectivity index (χ1v) is 4.11. The van der Waals surface area contributed by atoms with Crippen molar-refractivity contribution in [1.29, 1.82) is 0 Å². The van der Waals surface area contributed by atoms with E-state index in [1.165, 1.54) is 12.3 Å². The van der Waals surface area contributed by atoms with Gasteiger partial charge in [-0.05, 0) is 12.0 Å². The maximum absolute atomic E-state index is 12.1. The van der Waals surface area contributed by atoms with Crippen LogP contribution in [0, 0.1) is 5.92 Å². The summed E-state index contributed by atoms with van der Waals surface area (Å²) in [5.41, 5.74) is 6.24. The van der Waals surface area contributed by atoms with Crippen LogP contribution in [0.5, 0.6) is 0 Å². The third-order valence-corrected chi connectivity index (χ3v) is 1.89. The molecule has 0 aliphatic rings. The molecule has 1 rings (SSSR count). The molecule has 0 saturated carbocycles. The lowest BCUT2D eigenvalue weighted by Gasteiger charge is -2.12. The Morgan fingerprint density at radius 3 is 2.46 bits per heavy atom. The van der Waals surface area contributed by atoms with Crippen molar-refractivity contribution in [3.8, 4) is 0 Å². The minimum Gasteiger partial charge on any atom is -0.322 e. The van der Waals surface area contributed by atoms with E-state index in [1.54, 1.807) is 0 Å². The molecule has 0 saturated heterocycles. The minimum absolute atomic E-state index is 0.195. The lowest BCUT2D eigenvalue weighted by atomic mass is 10.0. The standard InChI is InChI=1S/C8H13F2N3/c1-5(2)7(11)6-3-4-13(12-6)8(9)10/h3-5,7-8H,11H2,1-2H3. The summed E-state index contributed by atoms with van der Waals surface area (Å²) in [5, 5.41) is 3.67. The number of halogens is 2. The lowest BCUT2D eigenvalue weighted by molar-refractivity contribution is 0.0559. The van der Waals surface area contributed by atoms with Crippen LogP contribution in [-0.4, -0.2) is 9.78 Å². The largest absolute Gasteiger partial charge is 0.333 e. The molecule has 0 bridgehead atoms. The summed E-state index contributed by atoms with van der Waals surface area (Å²) >= 11 is 0. The molecule has 1 unspecified atom stereocenters. The fraction of sp³-hybridized carbons (Fsp3) is 0.625. The van der Waals surface area contributed by atoms with Crippen molar-refractivity contribution in [3.63, 3.8) is 0 Å². The highest BCUT2D eigenvalue weighted by atomic mass is 19.3. The molecule has 3 nitrogen and oxygen atoms in total. The van der Waals surface area contributed by atoms with Crippen LogP contribution in [0.25, 0.3) is 0 Å². The van der Waals surface area contributed by atoms with Crippen molar-refractivity contribution < 1.29 is 8.78 Å². The molecule has 1 atom stereocenters. The zero-order chi connectivity index (χ0) is 10.0. The predicted molar refractivity (Wildman–Crippen MR) is 45.2 cm³/mol. The average Bonchev–Trinajstić information content (AvgIpc) is 2.50. The van der Waals surface area contributed by atoms with Gasteiger partial charge in [0.25, 0.3) is 0 Å². The summed E-state index contributed by atoms with van der Waals surface area (Å²) in [6, 6.07) is 1.25. The summed E-state index contributed by atoms with van der Waals surface area (Å²) in [6.45, 7) is 1.26. The third kappa shape index (κ3) is 2.24. The van der Waals surface area contributed by atoms with Gasteiger partial charge in [0, 0.05) is 6.20 Å². The highest BCUT2D eigenvalue weighted by Crippen LogP contribution is 2.18. The van der Waals surface area contributed by atoms with Crippen LogP contribution in [-0.2, 0) is 0 Å². The van der Waals surface area contributed by atoms with Crippen molar-refractivity contribution in [1.82, 2.24) is 9.78 Å². The van der Waals surface area contributed by atoms with E-state index in [-0.39, 0.29) is 12.0 Å². The van der Waals surface area contributed by atoms with Gasteiger partial charge in [-0.3, -0.25) is 0 Å². The Hall–Kier alpha value is -0.970. The van der Waals surface area contributed by atoms with Crippen molar-refractivity contribution in [3.05, 3.63) is 18.0 Å². The van der Waals surface area contributed by atoms with E-state index in [4.69, 9.17) is 5.73 Å². The number of hydrogen-bond donors (Lipinski definition) is 1. The van der Waals surface area contributed by atoms with Crippen LogP contribution in [0.1, 0.15) is 32.1 Å². The number of hydrogen-bond acceptors (Lipinski definition) is 2. The van der Waals surface area contributed by atoms with Gasteiger partial charge in [0.15, 0.2) is 0 Å². The number of rotatable bonds is 3. The maximum Gasteiger partial charge on any atom is 0.333 e. The van der Waals surface area contributed by atoms with Crippen molar-refractivity contribution >= 4 is 0 Å². The zero-order valence-corrected chi connectivity index (χ0v) is 7.61. The molecular formula is C8H13F2N3. The monoisotopic (exact) mass is 189 g/mol. The second-order valence-corrected chi connectivity index (χ2v) is 3.27. The van der Waals surface area contributed by atoms with Crippen LogP contribution in [0.4, 0.5) is 8.78 Å². The lowest BCUT2D eigenvalue weighted by Crippen LogP contribution is -2.17. The van der Waals surface area contributed by atoms with E-state index in [1.807, 2.05) is 13.8 Å². The number of alkyl halides is 2. The molecule has 0 radical (unpaired) electrons. The number of aromatic nitrogens is 2. The van der Waals surface area contributed by atoms with Gasteiger partial charge in [0.1, 0.15) is 0 Å². The number of nitrogens with zero attached hydrogens (tertiary/aromatic N) is 2. The molecule has 0 aliphatic carbocycles. The van der Waals surface area contributed by atoms with Crippen molar-refractivity contribution in [2.24, 2.45) is 11.7 Å². The Bertz CT molecular complexity index is 270. The van der Waals surface area contributed by atoms with Gasteiger partial charge in [0.05, 0.1) is 11.7 Å². The fourth-order valence-corrected chi connectivity index (χ4v) is 0.981. The van der Waals surface area contributed by atoms with E-state index in [0.29, 0.717) is 10.4 Å². The Kier molecular flexibility index (Phi) is 2.98. The predicted octanol–water partition coefficient (Wildman–Crippen LogP) is 1.93. The summed E-state index contributed by atoms with van der Waals surface area (Å²) in [7, 11) is 0. The molecule has 1 heterocycles. The number of nitrogens with two attached hydrogens (primary N) is 1. The summed E-state index contributed by atoms with van der Waals surface area (Å²) in [4.78, 5) is 0. The van der Waals surface area contributed by atoms with E-state index >= 15 is 0 Å². The molecule has 2 N–H and O–H groups in total. The Balaban J connectivity index is 2.79. The Labute approximate surface area is 75.5 Å². The normalized spacial score (nSPS) is 14.1. The topological polar surface area (TPSA) is 43.8 Å².